The SMILES string of the molecule is N#Cc1ccc(NC(=O)N(CCCO)C2CCc3ccccc32)cc1. The highest BCUT2D eigenvalue weighted by atomic mass is 16.3. The van der Waals surface area contributed by atoms with Crippen molar-refractivity contribution >= 4 is 11.7 Å². The van der Waals surface area contributed by atoms with Gasteiger partial charge in [0, 0.05) is 18.8 Å². The molecule has 1 unspecified atom stereocenters. The van der Waals surface area contributed by atoms with Crippen molar-refractivity contribution in [2.24, 2.45) is 0 Å². The number of carbonyl (C=O) groups is 1. The van der Waals surface area contributed by atoms with E-state index in [0.717, 1.165) is 12.8 Å². The van der Waals surface area contributed by atoms with Gasteiger partial charge in [0.15, 0.2) is 0 Å². The standard InChI is InChI=1S/C20H21N3O2/c21-14-15-6-9-17(10-7-15)22-20(25)23(12-3-13-24)19-11-8-16-4-1-2-5-18(16)19/h1-2,4-7,9-10,19,24H,3,8,11-13H2,(H,22,25). The van der Waals surface area contributed by atoms with Crippen LogP contribution >= 0.6 is 0 Å². The summed E-state index contributed by atoms with van der Waals surface area (Å²) in [6.45, 7) is 0.548. The molecular weight excluding hydrogens is 314 g/mol. The summed E-state index contributed by atoms with van der Waals surface area (Å²) in [5, 5.41) is 21.0. The molecule has 1 aliphatic carbocycles. The summed E-state index contributed by atoms with van der Waals surface area (Å²) in [4.78, 5) is 14.6. The zero-order valence-electron chi connectivity index (χ0n) is 14.0. The average Bonchev–Trinajstić information content (AvgIpc) is 3.07. The highest BCUT2D eigenvalue weighted by Crippen LogP contribution is 2.36. The largest absolute Gasteiger partial charge is 0.396 e. The minimum absolute atomic E-state index is 0.0288. The molecule has 2 N–H and O–H groups in total. The van der Waals surface area contributed by atoms with Gasteiger partial charge >= 0.3 is 6.03 Å². The Morgan fingerprint density at radius 3 is 2.72 bits per heavy atom. The van der Waals surface area contributed by atoms with Gasteiger partial charge < -0.3 is 15.3 Å². The molecule has 3 rings (SSSR count). The Labute approximate surface area is 147 Å². The van der Waals surface area contributed by atoms with Crippen molar-refractivity contribution < 1.29 is 9.90 Å². The maximum absolute atomic E-state index is 12.8. The number of aliphatic hydroxyl groups excluding tert-OH is 1. The Balaban J connectivity index is 1.78. The number of hydrogen-bond donors (Lipinski definition) is 2. The van der Waals surface area contributed by atoms with Crippen LogP contribution in [0.5, 0.6) is 0 Å². The lowest BCUT2D eigenvalue weighted by Crippen LogP contribution is -2.38. The number of nitrogens with zero attached hydrogens (tertiary/aromatic N) is 2. The van der Waals surface area contributed by atoms with Crippen LogP contribution in [0, 0.1) is 11.3 Å². The lowest BCUT2D eigenvalue weighted by Gasteiger charge is -2.30. The van der Waals surface area contributed by atoms with E-state index in [2.05, 4.69) is 23.5 Å². The number of carbonyl (C=O) groups excluding carboxylic acids is 1. The Bertz CT molecular complexity index is 780. The predicted molar refractivity (Wildman–Crippen MR) is 96.1 cm³/mol. The zero-order valence-corrected chi connectivity index (χ0v) is 14.0. The van der Waals surface area contributed by atoms with E-state index in [1.807, 2.05) is 12.1 Å². The lowest BCUT2D eigenvalue weighted by atomic mass is 10.1. The summed E-state index contributed by atoms with van der Waals surface area (Å²) < 4.78 is 0. The zero-order chi connectivity index (χ0) is 17.6. The molecule has 25 heavy (non-hydrogen) atoms. The van der Waals surface area contributed by atoms with E-state index >= 15 is 0 Å². The van der Waals surface area contributed by atoms with Crippen LogP contribution in [0.2, 0.25) is 0 Å². The third-order valence-electron chi connectivity index (χ3n) is 4.56. The number of benzene rings is 2. The van der Waals surface area contributed by atoms with Gasteiger partial charge in [-0.2, -0.15) is 5.26 Å². The molecule has 2 amide bonds. The van der Waals surface area contributed by atoms with Crippen molar-refractivity contribution in [2.75, 3.05) is 18.5 Å². The van der Waals surface area contributed by atoms with Crippen LogP contribution in [-0.2, 0) is 6.42 Å². The van der Waals surface area contributed by atoms with E-state index in [0.29, 0.717) is 24.2 Å². The number of hydrogen-bond acceptors (Lipinski definition) is 3. The van der Waals surface area contributed by atoms with Crippen LogP contribution < -0.4 is 5.32 Å². The van der Waals surface area contributed by atoms with E-state index in [1.54, 1.807) is 29.2 Å². The molecule has 0 radical (unpaired) electrons. The molecule has 2 aromatic rings. The Kier molecular flexibility index (Phi) is 5.32. The van der Waals surface area contributed by atoms with E-state index in [-0.39, 0.29) is 18.7 Å². The quantitative estimate of drug-likeness (QED) is 0.878. The summed E-state index contributed by atoms with van der Waals surface area (Å²) in [6, 6.07) is 16.9. The van der Waals surface area contributed by atoms with E-state index in [9.17, 15) is 9.90 Å². The molecule has 0 aliphatic heterocycles. The first-order valence-electron chi connectivity index (χ1n) is 8.49. The number of rotatable bonds is 5. The first kappa shape index (κ1) is 17.0. The van der Waals surface area contributed by atoms with Gasteiger partial charge in [0.2, 0.25) is 0 Å². The molecule has 2 aromatic carbocycles. The van der Waals surface area contributed by atoms with Gasteiger partial charge in [0.25, 0.3) is 0 Å². The fourth-order valence-corrected chi connectivity index (χ4v) is 3.32. The van der Waals surface area contributed by atoms with Gasteiger partial charge in [0.1, 0.15) is 0 Å². The van der Waals surface area contributed by atoms with Gasteiger partial charge in [-0.1, -0.05) is 24.3 Å². The Morgan fingerprint density at radius 1 is 1.24 bits per heavy atom. The van der Waals surface area contributed by atoms with Crippen LogP contribution in [-0.4, -0.2) is 29.2 Å². The predicted octanol–water partition coefficient (Wildman–Crippen LogP) is 3.46. The van der Waals surface area contributed by atoms with Crippen LogP contribution in [0.15, 0.2) is 48.5 Å². The normalized spacial score (nSPS) is 15.3. The number of aliphatic hydroxyl groups is 1. The van der Waals surface area contributed by atoms with Crippen molar-refractivity contribution in [1.82, 2.24) is 4.90 Å². The average molecular weight is 335 g/mol. The molecule has 0 saturated carbocycles. The summed E-state index contributed by atoms with van der Waals surface area (Å²) in [6.07, 6.45) is 2.39. The maximum atomic E-state index is 12.8. The van der Waals surface area contributed by atoms with Gasteiger partial charge in [-0.25, -0.2) is 4.79 Å². The van der Waals surface area contributed by atoms with E-state index < -0.39 is 0 Å². The smallest absolute Gasteiger partial charge is 0.322 e. The summed E-state index contributed by atoms with van der Waals surface area (Å²) >= 11 is 0. The van der Waals surface area contributed by atoms with Crippen LogP contribution in [0.3, 0.4) is 0 Å². The summed E-state index contributed by atoms with van der Waals surface area (Å²) in [5.74, 6) is 0. The molecule has 0 aromatic heterocycles. The van der Waals surface area contributed by atoms with Crippen molar-refractivity contribution in [3.05, 3.63) is 65.2 Å². The van der Waals surface area contributed by atoms with Gasteiger partial charge in [-0.3, -0.25) is 0 Å². The summed E-state index contributed by atoms with van der Waals surface area (Å²) in [7, 11) is 0. The molecule has 5 nitrogen and oxygen atoms in total. The monoisotopic (exact) mass is 335 g/mol. The molecule has 0 spiro atoms. The Hall–Kier alpha value is -2.84. The van der Waals surface area contributed by atoms with Crippen molar-refractivity contribution in [2.45, 2.75) is 25.3 Å². The minimum Gasteiger partial charge on any atom is -0.396 e. The molecule has 0 heterocycles. The van der Waals surface area contributed by atoms with Gasteiger partial charge in [-0.05, 0) is 54.7 Å². The van der Waals surface area contributed by atoms with Crippen molar-refractivity contribution in [3.63, 3.8) is 0 Å². The second-order valence-electron chi connectivity index (χ2n) is 6.14. The van der Waals surface area contributed by atoms with Crippen molar-refractivity contribution in [3.8, 4) is 6.07 Å². The molecule has 128 valence electrons. The molecular formula is C20H21N3O2. The first-order chi connectivity index (χ1) is 12.2. The number of amides is 2. The second-order valence-corrected chi connectivity index (χ2v) is 6.14. The van der Waals surface area contributed by atoms with Gasteiger partial charge in [-0.15, -0.1) is 0 Å². The number of anilines is 1. The fourth-order valence-electron chi connectivity index (χ4n) is 3.32. The van der Waals surface area contributed by atoms with Crippen LogP contribution in [0.1, 0.15) is 35.6 Å². The fraction of sp³-hybridized carbons (Fsp3) is 0.300. The van der Waals surface area contributed by atoms with Crippen molar-refractivity contribution in [1.29, 1.82) is 5.26 Å². The molecule has 0 fully saturated rings. The second kappa shape index (κ2) is 7.82. The summed E-state index contributed by atoms with van der Waals surface area (Å²) in [5.41, 5.74) is 3.69. The molecule has 5 heteroatoms. The van der Waals surface area contributed by atoms with E-state index in [4.69, 9.17) is 5.26 Å². The Morgan fingerprint density at radius 2 is 2.00 bits per heavy atom. The number of urea groups is 1. The molecule has 1 aliphatic rings. The highest BCUT2D eigenvalue weighted by molar-refractivity contribution is 5.89. The van der Waals surface area contributed by atoms with Gasteiger partial charge in [0.05, 0.1) is 17.7 Å². The lowest BCUT2D eigenvalue weighted by molar-refractivity contribution is 0.177. The number of nitrogens with one attached hydrogen (secondary N) is 1. The first-order valence-corrected chi connectivity index (χ1v) is 8.49. The number of fused-ring (bicyclic) bond motifs is 1. The third kappa shape index (κ3) is 3.81. The number of nitriles is 1. The van der Waals surface area contributed by atoms with Crippen LogP contribution in [0.4, 0.5) is 10.5 Å². The highest BCUT2D eigenvalue weighted by Gasteiger charge is 2.30. The third-order valence-corrected chi connectivity index (χ3v) is 4.56. The topological polar surface area (TPSA) is 76.4 Å². The van der Waals surface area contributed by atoms with E-state index in [1.165, 1.54) is 11.1 Å². The molecule has 0 bridgehead atoms. The maximum Gasteiger partial charge on any atom is 0.322 e. The molecule has 1 atom stereocenters. The number of aryl methyl sites for hydroxylation is 1. The minimum atomic E-state index is -0.181. The molecule has 0 saturated heterocycles. The van der Waals surface area contributed by atoms with Crippen LogP contribution in [0.25, 0.3) is 0 Å².